The largest absolute Gasteiger partial charge is 0.372 e. The van der Waals surface area contributed by atoms with E-state index >= 15 is 0 Å². The van der Waals surface area contributed by atoms with Gasteiger partial charge in [-0.2, -0.15) is 0 Å². The molecule has 0 bridgehead atoms. The van der Waals surface area contributed by atoms with Crippen LogP contribution in [-0.2, 0) is 16.0 Å². The van der Waals surface area contributed by atoms with Gasteiger partial charge in [-0.25, -0.2) is 0 Å². The van der Waals surface area contributed by atoms with Crippen LogP contribution in [0.4, 0.5) is 11.4 Å². The van der Waals surface area contributed by atoms with Crippen LogP contribution >= 0.6 is 0 Å². The van der Waals surface area contributed by atoms with Crippen LogP contribution in [0.15, 0.2) is 48.5 Å². The van der Waals surface area contributed by atoms with Crippen molar-refractivity contribution in [2.75, 3.05) is 29.9 Å². The Balaban J connectivity index is 1.42. The van der Waals surface area contributed by atoms with Crippen LogP contribution in [0.25, 0.3) is 0 Å². The van der Waals surface area contributed by atoms with Crippen LogP contribution in [0.5, 0.6) is 0 Å². The van der Waals surface area contributed by atoms with Crippen LogP contribution in [0, 0.1) is 6.92 Å². The monoisotopic (exact) mass is 351 g/mol. The summed E-state index contributed by atoms with van der Waals surface area (Å²) >= 11 is 0. The van der Waals surface area contributed by atoms with E-state index < -0.39 is 11.8 Å². The van der Waals surface area contributed by atoms with E-state index in [4.69, 9.17) is 0 Å². The van der Waals surface area contributed by atoms with E-state index in [1.165, 1.54) is 18.5 Å². The van der Waals surface area contributed by atoms with Gasteiger partial charge in [-0.3, -0.25) is 9.59 Å². The summed E-state index contributed by atoms with van der Waals surface area (Å²) < 4.78 is 0. The minimum Gasteiger partial charge on any atom is -0.372 e. The van der Waals surface area contributed by atoms with E-state index in [9.17, 15) is 9.59 Å². The fraction of sp³-hybridized carbons (Fsp3) is 0.333. The van der Waals surface area contributed by atoms with Crippen molar-refractivity contribution in [2.24, 2.45) is 0 Å². The fourth-order valence-corrected chi connectivity index (χ4v) is 3.07. The van der Waals surface area contributed by atoms with Crippen molar-refractivity contribution in [3.8, 4) is 0 Å². The number of nitrogens with one attached hydrogen (secondary N) is 2. The number of hydrogen-bond acceptors (Lipinski definition) is 3. The number of carbonyl (C=O) groups excluding carboxylic acids is 2. The lowest BCUT2D eigenvalue weighted by Gasteiger charge is -2.17. The van der Waals surface area contributed by atoms with Crippen LogP contribution in [0.2, 0.25) is 0 Å². The summed E-state index contributed by atoms with van der Waals surface area (Å²) in [7, 11) is 0. The highest BCUT2D eigenvalue weighted by atomic mass is 16.2. The van der Waals surface area contributed by atoms with Gasteiger partial charge in [0.2, 0.25) is 0 Å². The molecular weight excluding hydrogens is 326 g/mol. The molecule has 1 heterocycles. The molecule has 0 aromatic heterocycles. The van der Waals surface area contributed by atoms with Crippen LogP contribution in [0.3, 0.4) is 0 Å². The summed E-state index contributed by atoms with van der Waals surface area (Å²) in [5.74, 6) is -1.25. The van der Waals surface area contributed by atoms with Crippen LogP contribution < -0.4 is 15.5 Å². The molecule has 1 aliphatic rings. The highest BCUT2D eigenvalue weighted by Gasteiger charge is 2.14. The maximum atomic E-state index is 11.9. The van der Waals surface area contributed by atoms with E-state index in [1.54, 1.807) is 12.1 Å². The summed E-state index contributed by atoms with van der Waals surface area (Å²) in [4.78, 5) is 26.2. The van der Waals surface area contributed by atoms with Gasteiger partial charge in [0, 0.05) is 31.0 Å². The molecule has 5 nitrogen and oxygen atoms in total. The highest BCUT2D eigenvalue weighted by molar-refractivity contribution is 6.39. The number of aryl methyl sites for hydroxylation is 1. The smallest absolute Gasteiger partial charge is 0.313 e. The van der Waals surface area contributed by atoms with Gasteiger partial charge in [0.1, 0.15) is 0 Å². The second-order valence-corrected chi connectivity index (χ2v) is 6.69. The predicted molar refractivity (Wildman–Crippen MR) is 104 cm³/mol. The summed E-state index contributed by atoms with van der Waals surface area (Å²) in [5.41, 5.74) is 4.12. The molecular formula is C21H25N3O2. The molecule has 0 aliphatic carbocycles. The van der Waals surface area contributed by atoms with Crippen molar-refractivity contribution in [3.05, 3.63) is 59.7 Å². The molecule has 2 amide bonds. The van der Waals surface area contributed by atoms with Crippen molar-refractivity contribution < 1.29 is 9.59 Å². The van der Waals surface area contributed by atoms with Gasteiger partial charge in [0.05, 0.1) is 0 Å². The van der Waals surface area contributed by atoms with Gasteiger partial charge in [0.15, 0.2) is 0 Å². The summed E-state index contributed by atoms with van der Waals surface area (Å²) in [6.07, 6.45) is 3.22. The first-order valence-corrected chi connectivity index (χ1v) is 9.11. The zero-order chi connectivity index (χ0) is 18.4. The molecule has 0 unspecified atom stereocenters. The minimum absolute atomic E-state index is 0.434. The molecule has 5 heteroatoms. The SMILES string of the molecule is Cc1ccc(NC(=O)C(=O)NCCc2ccc(N3CCCC3)cc2)cc1. The van der Waals surface area contributed by atoms with E-state index in [-0.39, 0.29) is 0 Å². The van der Waals surface area contributed by atoms with Crippen molar-refractivity contribution >= 4 is 23.2 Å². The minimum atomic E-state index is -0.641. The van der Waals surface area contributed by atoms with Gasteiger partial charge in [-0.15, -0.1) is 0 Å². The number of hydrogen-bond donors (Lipinski definition) is 2. The van der Waals surface area contributed by atoms with Crippen LogP contribution in [0.1, 0.15) is 24.0 Å². The molecule has 2 aromatic carbocycles. The number of benzene rings is 2. The Morgan fingerprint density at radius 3 is 2.23 bits per heavy atom. The Hall–Kier alpha value is -2.82. The molecule has 0 radical (unpaired) electrons. The van der Waals surface area contributed by atoms with Gasteiger partial charge in [0.25, 0.3) is 0 Å². The number of nitrogens with zero attached hydrogens (tertiary/aromatic N) is 1. The molecule has 0 spiro atoms. The summed E-state index contributed by atoms with van der Waals surface area (Å²) in [5, 5.41) is 5.27. The number of rotatable bonds is 5. The van der Waals surface area contributed by atoms with Crippen LogP contribution in [-0.4, -0.2) is 31.4 Å². The normalized spacial score (nSPS) is 13.5. The zero-order valence-electron chi connectivity index (χ0n) is 15.1. The van der Waals surface area contributed by atoms with Gasteiger partial charge in [-0.05, 0) is 56.0 Å². The van der Waals surface area contributed by atoms with Gasteiger partial charge >= 0.3 is 11.8 Å². The third-order valence-corrected chi connectivity index (χ3v) is 4.62. The quantitative estimate of drug-likeness (QED) is 0.814. The lowest BCUT2D eigenvalue weighted by molar-refractivity contribution is -0.136. The predicted octanol–water partition coefficient (Wildman–Crippen LogP) is 2.89. The molecule has 2 aromatic rings. The molecule has 0 atom stereocenters. The standard InChI is InChI=1S/C21H25N3O2/c1-16-4-8-18(9-5-16)23-21(26)20(25)22-13-12-17-6-10-19(11-7-17)24-14-2-3-15-24/h4-11H,2-3,12-15H2,1H3,(H,22,25)(H,23,26). The first kappa shape index (κ1) is 18.0. The maximum Gasteiger partial charge on any atom is 0.313 e. The number of amides is 2. The van der Waals surface area contributed by atoms with Crippen molar-refractivity contribution in [1.29, 1.82) is 0 Å². The maximum absolute atomic E-state index is 11.9. The van der Waals surface area contributed by atoms with Crippen molar-refractivity contribution in [1.82, 2.24) is 5.32 Å². The molecule has 0 saturated carbocycles. The first-order chi connectivity index (χ1) is 12.6. The Morgan fingerprint density at radius 1 is 0.923 bits per heavy atom. The topological polar surface area (TPSA) is 61.4 Å². The Kier molecular flexibility index (Phi) is 5.89. The number of anilines is 2. The Morgan fingerprint density at radius 2 is 1.58 bits per heavy atom. The third kappa shape index (κ3) is 4.85. The molecule has 1 saturated heterocycles. The van der Waals surface area contributed by atoms with E-state index in [0.717, 1.165) is 24.2 Å². The zero-order valence-corrected chi connectivity index (χ0v) is 15.1. The molecule has 1 fully saturated rings. The van der Waals surface area contributed by atoms with Crippen molar-refractivity contribution in [2.45, 2.75) is 26.2 Å². The summed E-state index contributed by atoms with van der Waals surface area (Å²) in [6, 6.07) is 15.8. The Bertz CT molecular complexity index is 748. The van der Waals surface area contributed by atoms with Gasteiger partial charge in [-0.1, -0.05) is 29.8 Å². The molecule has 3 rings (SSSR count). The first-order valence-electron chi connectivity index (χ1n) is 9.11. The fourth-order valence-electron chi connectivity index (χ4n) is 3.07. The average Bonchev–Trinajstić information content (AvgIpc) is 3.19. The molecule has 2 N–H and O–H groups in total. The Labute approximate surface area is 154 Å². The summed E-state index contributed by atoms with van der Waals surface area (Å²) in [6.45, 7) is 4.66. The van der Waals surface area contributed by atoms with E-state index in [1.807, 2.05) is 19.1 Å². The second-order valence-electron chi connectivity index (χ2n) is 6.69. The molecule has 136 valence electrons. The third-order valence-electron chi connectivity index (χ3n) is 4.62. The van der Waals surface area contributed by atoms with Gasteiger partial charge < -0.3 is 15.5 Å². The van der Waals surface area contributed by atoms with Crippen molar-refractivity contribution in [3.63, 3.8) is 0 Å². The van der Waals surface area contributed by atoms with E-state index in [0.29, 0.717) is 18.7 Å². The molecule has 26 heavy (non-hydrogen) atoms. The second kappa shape index (κ2) is 8.52. The lowest BCUT2D eigenvalue weighted by Crippen LogP contribution is -2.36. The lowest BCUT2D eigenvalue weighted by atomic mass is 10.1. The number of carbonyl (C=O) groups is 2. The highest BCUT2D eigenvalue weighted by Crippen LogP contribution is 2.20. The average molecular weight is 351 g/mol. The molecule has 1 aliphatic heterocycles. The van der Waals surface area contributed by atoms with E-state index in [2.05, 4.69) is 39.8 Å².